The quantitative estimate of drug-likeness (QED) is 0.764. The number of thiophene rings is 1. The molecule has 2 unspecified atom stereocenters. The van der Waals surface area contributed by atoms with Gasteiger partial charge in [-0.25, -0.2) is 9.59 Å². The van der Waals surface area contributed by atoms with Crippen molar-refractivity contribution in [3.63, 3.8) is 0 Å². The molecule has 2 rings (SSSR count). The molecule has 7 heteroatoms. The van der Waals surface area contributed by atoms with Crippen molar-refractivity contribution in [2.45, 2.75) is 24.9 Å². The summed E-state index contributed by atoms with van der Waals surface area (Å²) in [4.78, 5) is 25.8. The van der Waals surface area contributed by atoms with Crippen LogP contribution in [-0.4, -0.2) is 48.2 Å². The Kier molecular flexibility index (Phi) is 4.97. The van der Waals surface area contributed by atoms with Gasteiger partial charge in [0, 0.05) is 17.5 Å². The molecule has 0 radical (unpaired) electrons. The van der Waals surface area contributed by atoms with Crippen LogP contribution in [0.15, 0.2) is 17.5 Å². The van der Waals surface area contributed by atoms with E-state index in [2.05, 4.69) is 15.5 Å². The molecule has 0 aliphatic carbocycles. The third-order valence-corrected chi connectivity index (χ3v) is 4.46. The van der Waals surface area contributed by atoms with Gasteiger partial charge in [-0.05, 0) is 37.9 Å². The number of likely N-dealkylation sites (tertiary alicyclic amines) is 1. The lowest BCUT2D eigenvalue weighted by Crippen LogP contribution is -2.45. The maximum atomic E-state index is 11.8. The largest absolute Gasteiger partial charge is 0.479 e. The average Bonchev–Trinajstić information content (AvgIpc) is 3.04. The van der Waals surface area contributed by atoms with E-state index in [1.54, 1.807) is 17.5 Å². The first kappa shape index (κ1) is 14.8. The van der Waals surface area contributed by atoms with Gasteiger partial charge in [-0.2, -0.15) is 0 Å². The fourth-order valence-electron chi connectivity index (χ4n) is 2.34. The van der Waals surface area contributed by atoms with Crippen LogP contribution < -0.4 is 10.6 Å². The van der Waals surface area contributed by atoms with Gasteiger partial charge in [-0.1, -0.05) is 6.07 Å². The molecule has 20 heavy (non-hydrogen) atoms. The Morgan fingerprint density at radius 2 is 2.40 bits per heavy atom. The number of carbonyl (C=O) groups is 2. The number of aliphatic carboxylic acids is 1. The van der Waals surface area contributed by atoms with Crippen molar-refractivity contribution in [3.05, 3.63) is 22.4 Å². The molecule has 2 heterocycles. The van der Waals surface area contributed by atoms with E-state index >= 15 is 0 Å². The Labute approximate surface area is 121 Å². The van der Waals surface area contributed by atoms with Crippen LogP contribution in [0.2, 0.25) is 0 Å². The first-order valence-corrected chi connectivity index (χ1v) is 7.46. The molecule has 1 aliphatic heterocycles. The predicted molar refractivity (Wildman–Crippen MR) is 76.9 cm³/mol. The molecule has 0 aromatic carbocycles. The minimum absolute atomic E-state index is 0.339. The van der Waals surface area contributed by atoms with E-state index in [1.165, 1.54) is 11.3 Å². The number of hydrogen-bond donors (Lipinski definition) is 3. The smallest absolute Gasteiger partial charge is 0.331 e. The van der Waals surface area contributed by atoms with Crippen LogP contribution >= 0.6 is 11.3 Å². The first-order chi connectivity index (χ1) is 9.58. The fraction of sp³-hybridized carbons (Fsp3) is 0.538. The fourth-order valence-corrected chi connectivity index (χ4v) is 3.11. The zero-order valence-corrected chi connectivity index (χ0v) is 12.2. The molecular weight excluding hydrogens is 278 g/mol. The summed E-state index contributed by atoms with van der Waals surface area (Å²) < 4.78 is 0. The third kappa shape index (κ3) is 3.71. The molecule has 0 spiro atoms. The lowest BCUT2D eigenvalue weighted by Gasteiger charge is -2.20. The van der Waals surface area contributed by atoms with Gasteiger partial charge in [0.15, 0.2) is 6.04 Å². The Balaban J connectivity index is 1.84. The molecule has 1 fully saturated rings. The summed E-state index contributed by atoms with van der Waals surface area (Å²) in [6.45, 7) is 1.58. The zero-order valence-electron chi connectivity index (χ0n) is 11.3. The van der Waals surface area contributed by atoms with E-state index in [1.807, 2.05) is 7.05 Å². The van der Waals surface area contributed by atoms with Crippen molar-refractivity contribution in [2.24, 2.45) is 0 Å². The first-order valence-electron chi connectivity index (χ1n) is 6.58. The van der Waals surface area contributed by atoms with Gasteiger partial charge in [0.1, 0.15) is 0 Å². The van der Waals surface area contributed by atoms with Crippen LogP contribution in [0, 0.1) is 0 Å². The van der Waals surface area contributed by atoms with Crippen molar-refractivity contribution < 1.29 is 14.7 Å². The van der Waals surface area contributed by atoms with E-state index in [4.69, 9.17) is 0 Å². The number of urea groups is 1. The number of amides is 2. The van der Waals surface area contributed by atoms with Crippen LogP contribution in [0.5, 0.6) is 0 Å². The van der Waals surface area contributed by atoms with Crippen LogP contribution in [0.25, 0.3) is 0 Å². The maximum Gasteiger partial charge on any atom is 0.331 e. The zero-order chi connectivity index (χ0) is 14.5. The summed E-state index contributed by atoms with van der Waals surface area (Å²) in [5, 5.41) is 16.2. The standard InChI is InChI=1S/C13H19N3O3S/c1-16-6-2-4-9(16)8-14-13(19)15-11(12(17)18)10-5-3-7-20-10/h3,5,7,9,11H,2,4,6,8H2,1H3,(H,17,18)(H2,14,15,19). The molecule has 6 nitrogen and oxygen atoms in total. The van der Waals surface area contributed by atoms with Gasteiger partial charge in [-0.3, -0.25) is 0 Å². The van der Waals surface area contributed by atoms with Gasteiger partial charge in [0.25, 0.3) is 0 Å². The molecule has 3 N–H and O–H groups in total. The number of carboxylic acid groups (broad SMARTS) is 1. The number of nitrogens with zero attached hydrogens (tertiary/aromatic N) is 1. The number of likely N-dealkylation sites (N-methyl/N-ethyl adjacent to an activating group) is 1. The van der Waals surface area contributed by atoms with Crippen LogP contribution in [0.3, 0.4) is 0 Å². The van der Waals surface area contributed by atoms with Crippen LogP contribution in [-0.2, 0) is 4.79 Å². The summed E-state index contributed by atoms with van der Waals surface area (Å²) in [6.07, 6.45) is 2.20. The Bertz CT molecular complexity index is 463. The monoisotopic (exact) mass is 297 g/mol. The summed E-state index contributed by atoms with van der Waals surface area (Å²) in [7, 11) is 2.03. The minimum atomic E-state index is -1.06. The van der Waals surface area contributed by atoms with E-state index in [9.17, 15) is 14.7 Å². The highest BCUT2D eigenvalue weighted by atomic mass is 32.1. The second-order valence-electron chi connectivity index (χ2n) is 4.92. The van der Waals surface area contributed by atoms with Crippen molar-refractivity contribution in [1.82, 2.24) is 15.5 Å². The molecule has 110 valence electrons. The molecule has 0 bridgehead atoms. The van der Waals surface area contributed by atoms with Crippen molar-refractivity contribution in [3.8, 4) is 0 Å². The van der Waals surface area contributed by atoms with Crippen LogP contribution in [0.1, 0.15) is 23.8 Å². The second kappa shape index (κ2) is 6.71. The molecule has 1 saturated heterocycles. The molecule has 1 aliphatic rings. The van der Waals surface area contributed by atoms with Gasteiger partial charge in [0.2, 0.25) is 0 Å². The second-order valence-corrected chi connectivity index (χ2v) is 5.90. The highest BCUT2D eigenvalue weighted by Gasteiger charge is 2.24. The van der Waals surface area contributed by atoms with Gasteiger partial charge in [0.05, 0.1) is 0 Å². The number of carbonyl (C=O) groups excluding carboxylic acids is 1. The molecule has 1 aromatic heterocycles. The van der Waals surface area contributed by atoms with E-state index in [-0.39, 0.29) is 0 Å². The van der Waals surface area contributed by atoms with Gasteiger partial charge < -0.3 is 20.6 Å². The van der Waals surface area contributed by atoms with Gasteiger partial charge >= 0.3 is 12.0 Å². The van der Waals surface area contributed by atoms with Crippen LogP contribution in [0.4, 0.5) is 4.79 Å². The molecule has 1 aromatic rings. The SMILES string of the molecule is CN1CCCC1CNC(=O)NC(C(=O)O)c1cccs1. The normalized spacial score (nSPS) is 20.6. The van der Waals surface area contributed by atoms with E-state index < -0.39 is 18.0 Å². The summed E-state index contributed by atoms with van der Waals surface area (Å²) >= 11 is 1.31. The number of nitrogens with one attached hydrogen (secondary N) is 2. The van der Waals surface area contributed by atoms with Crippen molar-refractivity contribution >= 4 is 23.3 Å². The predicted octanol–water partition coefficient (Wildman–Crippen LogP) is 1.27. The Morgan fingerprint density at radius 3 is 2.95 bits per heavy atom. The van der Waals surface area contributed by atoms with E-state index in [0.717, 1.165) is 19.4 Å². The summed E-state index contributed by atoms with van der Waals surface area (Å²) in [5.41, 5.74) is 0. The maximum absolute atomic E-state index is 11.8. The van der Waals surface area contributed by atoms with E-state index in [0.29, 0.717) is 17.5 Å². The van der Waals surface area contributed by atoms with Crippen molar-refractivity contribution in [1.29, 1.82) is 0 Å². The molecule has 2 amide bonds. The lowest BCUT2D eigenvalue weighted by molar-refractivity contribution is -0.139. The highest BCUT2D eigenvalue weighted by Crippen LogP contribution is 2.19. The molecular formula is C13H19N3O3S. The number of hydrogen-bond acceptors (Lipinski definition) is 4. The summed E-state index contributed by atoms with van der Waals surface area (Å²) in [5.74, 6) is -1.06. The topological polar surface area (TPSA) is 81.7 Å². The third-order valence-electron chi connectivity index (χ3n) is 3.52. The average molecular weight is 297 g/mol. The van der Waals surface area contributed by atoms with Crippen molar-refractivity contribution in [2.75, 3.05) is 20.1 Å². The summed E-state index contributed by atoms with van der Waals surface area (Å²) in [6, 6.07) is 2.38. The minimum Gasteiger partial charge on any atom is -0.479 e. The Hall–Kier alpha value is -1.60. The van der Waals surface area contributed by atoms with Gasteiger partial charge in [-0.15, -0.1) is 11.3 Å². The Morgan fingerprint density at radius 1 is 1.60 bits per heavy atom. The lowest BCUT2D eigenvalue weighted by atomic mass is 10.2. The number of rotatable bonds is 5. The molecule has 2 atom stereocenters. The highest BCUT2D eigenvalue weighted by molar-refractivity contribution is 7.10. The molecule has 0 saturated carbocycles. The number of carboxylic acids is 1.